The van der Waals surface area contributed by atoms with Gasteiger partial charge in [-0.2, -0.15) is 18.4 Å². The van der Waals surface area contributed by atoms with Crippen LogP contribution in [0, 0.1) is 11.3 Å². The number of hydrogen-bond donors (Lipinski definition) is 0. The Morgan fingerprint density at radius 2 is 2.00 bits per heavy atom. The summed E-state index contributed by atoms with van der Waals surface area (Å²) >= 11 is 2.78. The van der Waals surface area contributed by atoms with Crippen LogP contribution in [0.25, 0.3) is 0 Å². The Morgan fingerprint density at radius 1 is 1.41 bits per heavy atom. The average Bonchev–Trinajstić information content (AvgIpc) is 2.25. The highest BCUT2D eigenvalue weighted by Crippen LogP contribution is 2.38. The number of nitriles is 1. The zero-order valence-corrected chi connectivity index (χ0v) is 9.61. The van der Waals surface area contributed by atoms with Crippen LogP contribution >= 0.6 is 15.9 Å². The highest BCUT2D eigenvalue weighted by Gasteiger charge is 2.38. The van der Waals surface area contributed by atoms with Crippen molar-refractivity contribution in [2.45, 2.75) is 17.9 Å². The molecule has 0 spiro atoms. The van der Waals surface area contributed by atoms with Crippen LogP contribution in [0.5, 0.6) is 0 Å². The van der Waals surface area contributed by atoms with E-state index in [4.69, 9.17) is 5.26 Å². The van der Waals surface area contributed by atoms with E-state index in [-0.39, 0.29) is 11.5 Å². The lowest BCUT2D eigenvalue weighted by molar-refractivity contribution is -0.139. The maximum Gasteiger partial charge on any atom is 0.418 e. The number of pyridine rings is 1. The summed E-state index contributed by atoms with van der Waals surface area (Å²) in [4.78, 5) is 3.23. The van der Waals surface area contributed by atoms with E-state index in [0.717, 1.165) is 0 Å². The van der Waals surface area contributed by atoms with Gasteiger partial charge in [-0.3, -0.25) is 0 Å². The van der Waals surface area contributed by atoms with Crippen molar-refractivity contribution in [2.24, 2.45) is 0 Å². The van der Waals surface area contributed by atoms with Crippen LogP contribution < -0.4 is 0 Å². The van der Waals surface area contributed by atoms with E-state index in [1.807, 2.05) is 0 Å². The van der Waals surface area contributed by atoms with Crippen molar-refractivity contribution < 1.29 is 22.0 Å². The van der Waals surface area contributed by atoms with Gasteiger partial charge in [-0.1, -0.05) is 15.9 Å². The van der Waals surface area contributed by atoms with Gasteiger partial charge >= 0.3 is 6.18 Å². The SMILES string of the molecule is N#Cc1ncc(C(F)(F)F)c(C(F)F)c1CBr. The van der Waals surface area contributed by atoms with E-state index in [0.29, 0.717) is 0 Å². The molecule has 0 saturated heterocycles. The van der Waals surface area contributed by atoms with Crippen LogP contribution in [-0.4, -0.2) is 4.98 Å². The molecule has 8 heteroatoms. The van der Waals surface area contributed by atoms with Crippen molar-refractivity contribution in [1.82, 2.24) is 4.98 Å². The van der Waals surface area contributed by atoms with Crippen LogP contribution in [-0.2, 0) is 11.5 Å². The molecule has 0 unspecified atom stereocenters. The molecule has 2 nitrogen and oxygen atoms in total. The van der Waals surface area contributed by atoms with Gasteiger partial charge in [-0.05, 0) is 0 Å². The monoisotopic (exact) mass is 314 g/mol. The fourth-order valence-electron chi connectivity index (χ4n) is 1.27. The van der Waals surface area contributed by atoms with Crippen molar-refractivity contribution in [2.75, 3.05) is 0 Å². The summed E-state index contributed by atoms with van der Waals surface area (Å²) in [6.45, 7) is 0. The Balaban J connectivity index is 3.61. The smallest absolute Gasteiger partial charge is 0.245 e. The molecular weight excluding hydrogens is 311 g/mol. The molecule has 0 fully saturated rings. The third-order valence-electron chi connectivity index (χ3n) is 1.99. The van der Waals surface area contributed by atoms with Crippen molar-refractivity contribution in [3.05, 3.63) is 28.6 Å². The largest absolute Gasteiger partial charge is 0.418 e. The lowest BCUT2D eigenvalue weighted by Crippen LogP contribution is -2.14. The molecule has 1 heterocycles. The molecule has 92 valence electrons. The van der Waals surface area contributed by atoms with Gasteiger partial charge in [-0.25, -0.2) is 13.8 Å². The molecule has 0 aliphatic heterocycles. The molecule has 0 aliphatic rings. The van der Waals surface area contributed by atoms with Crippen LogP contribution in [0.1, 0.15) is 28.8 Å². The Labute approximate surface area is 101 Å². The standard InChI is InChI=1S/C9H4BrF5N2/c10-1-4-6(2-16)17-3-5(9(13,14)15)7(4)8(11)12/h3,8H,1H2. The summed E-state index contributed by atoms with van der Waals surface area (Å²) in [5.41, 5.74) is -3.58. The maximum atomic E-state index is 12.7. The van der Waals surface area contributed by atoms with Crippen molar-refractivity contribution >= 4 is 15.9 Å². The predicted molar refractivity (Wildman–Crippen MR) is 51.5 cm³/mol. The molecule has 0 atom stereocenters. The second-order valence-corrected chi connectivity index (χ2v) is 3.52. The highest BCUT2D eigenvalue weighted by molar-refractivity contribution is 9.08. The molecule has 0 bridgehead atoms. The Kier molecular flexibility index (Phi) is 4.03. The fourth-order valence-corrected chi connectivity index (χ4v) is 1.84. The number of halogens is 6. The summed E-state index contributed by atoms with van der Waals surface area (Å²) < 4.78 is 62.8. The minimum Gasteiger partial charge on any atom is -0.245 e. The predicted octanol–water partition coefficient (Wildman–Crippen LogP) is 3.80. The van der Waals surface area contributed by atoms with Crippen molar-refractivity contribution in [3.8, 4) is 6.07 Å². The second-order valence-electron chi connectivity index (χ2n) is 2.96. The molecular formula is C9H4BrF5N2. The third-order valence-corrected chi connectivity index (χ3v) is 2.55. The molecule has 0 saturated carbocycles. The Morgan fingerprint density at radius 3 is 2.35 bits per heavy atom. The van der Waals surface area contributed by atoms with E-state index in [2.05, 4.69) is 20.9 Å². The summed E-state index contributed by atoms with van der Waals surface area (Å²) in [6.07, 6.45) is -8.00. The van der Waals surface area contributed by atoms with E-state index in [9.17, 15) is 22.0 Å². The van der Waals surface area contributed by atoms with Gasteiger partial charge in [0.05, 0.1) is 5.56 Å². The Bertz CT molecular complexity index is 464. The van der Waals surface area contributed by atoms with Crippen LogP contribution in [0.3, 0.4) is 0 Å². The first-order chi connectivity index (χ1) is 7.82. The van der Waals surface area contributed by atoms with Crippen molar-refractivity contribution in [3.63, 3.8) is 0 Å². The van der Waals surface area contributed by atoms with Crippen LogP contribution in [0.15, 0.2) is 6.20 Å². The fraction of sp³-hybridized carbons (Fsp3) is 0.333. The Hall–Kier alpha value is -1.23. The first-order valence-corrected chi connectivity index (χ1v) is 5.28. The van der Waals surface area contributed by atoms with Gasteiger partial charge in [0.15, 0.2) is 0 Å². The van der Waals surface area contributed by atoms with Crippen LogP contribution in [0.4, 0.5) is 22.0 Å². The van der Waals surface area contributed by atoms with Gasteiger partial charge in [0.25, 0.3) is 6.43 Å². The number of hydrogen-bond acceptors (Lipinski definition) is 2. The lowest BCUT2D eigenvalue weighted by atomic mass is 10.0. The molecule has 0 radical (unpaired) electrons. The maximum absolute atomic E-state index is 12.7. The molecule has 1 aromatic heterocycles. The minimum atomic E-state index is -4.93. The van der Waals surface area contributed by atoms with Gasteiger partial charge in [0.2, 0.25) is 0 Å². The molecule has 0 aromatic carbocycles. The molecule has 1 aromatic rings. The number of rotatable bonds is 2. The summed E-state index contributed by atoms with van der Waals surface area (Å²) in [5, 5.41) is 8.29. The van der Waals surface area contributed by atoms with E-state index < -0.39 is 35.0 Å². The number of aromatic nitrogens is 1. The number of nitrogens with zero attached hydrogens (tertiary/aromatic N) is 2. The third kappa shape index (κ3) is 2.72. The zero-order chi connectivity index (χ0) is 13.2. The average molecular weight is 315 g/mol. The minimum absolute atomic E-state index is 0.256. The molecule has 0 N–H and O–H groups in total. The van der Waals surface area contributed by atoms with Crippen LogP contribution in [0.2, 0.25) is 0 Å². The summed E-state index contributed by atoms with van der Waals surface area (Å²) in [6, 6.07) is 1.48. The second kappa shape index (κ2) is 4.96. The first kappa shape index (κ1) is 13.8. The molecule has 0 amide bonds. The molecule has 0 aliphatic carbocycles. The van der Waals surface area contributed by atoms with Gasteiger partial charge in [0.1, 0.15) is 11.8 Å². The van der Waals surface area contributed by atoms with Gasteiger partial charge in [-0.15, -0.1) is 0 Å². The quantitative estimate of drug-likeness (QED) is 0.615. The van der Waals surface area contributed by atoms with E-state index >= 15 is 0 Å². The zero-order valence-electron chi connectivity index (χ0n) is 8.02. The van der Waals surface area contributed by atoms with E-state index in [1.54, 1.807) is 0 Å². The molecule has 1 rings (SSSR count). The van der Waals surface area contributed by atoms with Gasteiger partial charge < -0.3 is 0 Å². The lowest BCUT2D eigenvalue weighted by Gasteiger charge is -2.15. The first-order valence-electron chi connectivity index (χ1n) is 4.16. The van der Waals surface area contributed by atoms with E-state index in [1.165, 1.54) is 6.07 Å². The van der Waals surface area contributed by atoms with Crippen molar-refractivity contribution in [1.29, 1.82) is 5.26 Å². The van der Waals surface area contributed by atoms with Gasteiger partial charge in [0, 0.05) is 22.7 Å². The normalized spacial score (nSPS) is 11.6. The summed E-state index contributed by atoms with van der Waals surface area (Å²) in [7, 11) is 0. The topological polar surface area (TPSA) is 36.7 Å². The highest BCUT2D eigenvalue weighted by atomic mass is 79.9. The summed E-state index contributed by atoms with van der Waals surface area (Å²) in [5.74, 6) is 0. The molecule has 17 heavy (non-hydrogen) atoms. The number of alkyl halides is 6.